The maximum absolute atomic E-state index is 12.9. The second-order valence-corrected chi connectivity index (χ2v) is 25.6. The van der Waals surface area contributed by atoms with E-state index in [2.05, 4.69) is 111 Å². The Morgan fingerprint density at radius 2 is 0.687 bits per heavy atom. The molecule has 0 aliphatic heterocycles. The molecule has 0 heterocycles. The summed E-state index contributed by atoms with van der Waals surface area (Å²) in [5.74, 6) is -0.821. The van der Waals surface area contributed by atoms with Gasteiger partial charge in [-0.2, -0.15) is 0 Å². The molecule has 0 saturated heterocycles. The molecule has 0 rings (SSSR count). The molecular weight excluding hydrogens is 1050 g/mol. The number of carbonyl (C=O) groups excluding carboxylic acids is 2. The fourth-order valence-corrected chi connectivity index (χ4v) is 10.4. The van der Waals surface area contributed by atoms with Gasteiger partial charge in [-0.05, 0) is 77.0 Å². The molecular formula is C73H131NO8P+. The molecule has 2 atom stereocenters. The normalized spacial score (nSPS) is 13.8. The number of quaternary nitrogens is 1. The van der Waals surface area contributed by atoms with Crippen LogP contribution < -0.4 is 0 Å². The Kier molecular flexibility index (Phi) is 61.1. The Morgan fingerprint density at radius 1 is 0.386 bits per heavy atom. The average molecular weight is 1180 g/mol. The Bertz CT molecular complexity index is 1720. The minimum atomic E-state index is -4.40. The van der Waals surface area contributed by atoms with E-state index in [-0.39, 0.29) is 32.0 Å². The van der Waals surface area contributed by atoms with Crippen molar-refractivity contribution in [3.05, 3.63) is 97.2 Å². The molecule has 0 aliphatic rings. The highest BCUT2D eigenvalue weighted by atomic mass is 31.2. The molecule has 10 heteroatoms. The average Bonchev–Trinajstić information content (AvgIpc) is 3.49. The third-order valence-corrected chi connectivity index (χ3v) is 15.9. The van der Waals surface area contributed by atoms with Crippen molar-refractivity contribution in [2.45, 2.75) is 309 Å². The van der Waals surface area contributed by atoms with Crippen LogP contribution in [-0.4, -0.2) is 74.9 Å². The largest absolute Gasteiger partial charge is 0.472 e. The van der Waals surface area contributed by atoms with Gasteiger partial charge in [-0.25, -0.2) is 4.57 Å². The van der Waals surface area contributed by atoms with E-state index >= 15 is 0 Å². The van der Waals surface area contributed by atoms with Crippen molar-refractivity contribution in [1.29, 1.82) is 0 Å². The standard InChI is InChI=1S/C73H130NO8P/c1-6-8-10-12-14-16-18-20-22-24-26-28-30-32-34-36-38-39-41-43-45-47-49-51-53-55-57-59-61-63-65-72(75)79-69-71(70-81-83(77,78)80-68-67-74(3,4)5)82-73(76)66-64-62-60-58-56-54-52-50-48-46-44-42-40-37-35-33-31-29-27-25-23-21-19-17-15-13-11-9-7-2/h9,11,15,17,21,23,27,29,33,35,40,42,46,48,52,54,71H,6-8,10,12-14,16,18-20,22,24-26,28,30-32,34,36-39,41,43-45,47,49-51,53,55-70H2,1-5H3/p+1/b11-9-,17-15-,23-21-,29-27-,35-33-,42-40-,48-46-,54-52-. The fourth-order valence-electron chi connectivity index (χ4n) is 9.62. The Balaban J connectivity index is 4.12. The molecule has 0 aromatic rings. The van der Waals surface area contributed by atoms with Crippen LogP contribution in [0.4, 0.5) is 0 Å². The van der Waals surface area contributed by atoms with Gasteiger partial charge in [0.25, 0.3) is 0 Å². The van der Waals surface area contributed by atoms with Crippen LogP contribution >= 0.6 is 7.82 Å². The van der Waals surface area contributed by atoms with Crippen LogP contribution in [0.25, 0.3) is 0 Å². The zero-order valence-electron chi connectivity index (χ0n) is 54.7. The van der Waals surface area contributed by atoms with Crippen molar-refractivity contribution in [2.75, 3.05) is 47.5 Å². The van der Waals surface area contributed by atoms with Crippen molar-refractivity contribution < 1.29 is 42.1 Å². The number of carbonyl (C=O) groups is 2. The van der Waals surface area contributed by atoms with Gasteiger partial charge in [0.2, 0.25) is 0 Å². The summed E-state index contributed by atoms with van der Waals surface area (Å²) in [4.78, 5) is 35.8. The van der Waals surface area contributed by atoms with Crippen LogP contribution in [0.5, 0.6) is 0 Å². The summed E-state index contributed by atoms with van der Waals surface area (Å²) < 4.78 is 34.7. The quantitative estimate of drug-likeness (QED) is 0.0211. The predicted octanol–water partition coefficient (Wildman–Crippen LogP) is 22.3. The van der Waals surface area contributed by atoms with E-state index in [0.717, 1.165) is 96.3 Å². The van der Waals surface area contributed by atoms with Gasteiger partial charge in [0, 0.05) is 12.8 Å². The number of nitrogens with zero attached hydrogens (tertiary/aromatic N) is 1. The summed E-state index contributed by atoms with van der Waals surface area (Å²) in [6, 6.07) is 0. The zero-order chi connectivity index (χ0) is 60.5. The first-order valence-corrected chi connectivity index (χ1v) is 36.0. The van der Waals surface area contributed by atoms with E-state index in [1.807, 2.05) is 21.1 Å². The van der Waals surface area contributed by atoms with Crippen molar-refractivity contribution in [1.82, 2.24) is 0 Å². The second kappa shape index (κ2) is 63.4. The number of phosphoric ester groups is 1. The van der Waals surface area contributed by atoms with E-state index in [1.165, 1.54) is 173 Å². The molecule has 0 spiro atoms. The van der Waals surface area contributed by atoms with E-state index in [1.54, 1.807) is 0 Å². The highest BCUT2D eigenvalue weighted by Gasteiger charge is 2.27. The number of likely N-dealkylation sites (N-methyl/N-ethyl adjacent to an activating group) is 1. The number of rotatable bonds is 63. The molecule has 0 aliphatic carbocycles. The zero-order valence-corrected chi connectivity index (χ0v) is 55.6. The molecule has 1 N–H and O–H groups in total. The van der Waals surface area contributed by atoms with Crippen molar-refractivity contribution >= 4 is 19.8 Å². The Labute approximate surface area is 513 Å². The van der Waals surface area contributed by atoms with Gasteiger partial charge < -0.3 is 18.9 Å². The summed E-state index contributed by atoms with van der Waals surface area (Å²) in [6.45, 7) is 4.32. The second-order valence-electron chi connectivity index (χ2n) is 24.2. The molecule has 0 aromatic carbocycles. The number of hydrogen-bond acceptors (Lipinski definition) is 7. The van der Waals surface area contributed by atoms with Gasteiger partial charge in [0.05, 0.1) is 27.7 Å². The van der Waals surface area contributed by atoms with Crippen LogP contribution in [0.1, 0.15) is 303 Å². The Hall–Kier alpha value is -3.07. The lowest BCUT2D eigenvalue weighted by Gasteiger charge is -2.24. The molecule has 9 nitrogen and oxygen atoms in total. The third kappa shape index (κ3) is 67.9. The fraction of sp³-hybridized carbons (Fsp3) is 0.753. The topological polar surface area (TPSA) is 108 Å². The maximum atomic E-state index is 12.9. The van der Waals surface area contributed by atoms with Crippen LogP contribution in [-0.2, 0) is 32.7 Å². The first-order valence-electron chi connectivity index (χ1n) is 34.5. The van der Waals surface area contributed by atoms with Crippen LogP contribution in [0.2, 0.25) is 0 Å². The lowest BCUT2D eigenvalue weighted by Crippen LogP contribution is -2.37. The highest BCUT2D eigenvalue weighted by Crippen LogP contribution is 2.43. The number of hydrogen-bond donors (Lipinski definition) is 1. The Morgan fingerprint density at radius 3 is 1.02 bits per heavy atom. The van der Waals surface area contributed by atoms with Gasteiger partial charge in [-0.1, -0.05) is 310 Å². The summed E-state index contributed by atoms with van der Waals surface area (Å²) >= 11 is 0. The molecule has 83 heavy (non-hydrogen) atoms. The number of allylic oxidation sites excluding steroid dienone is 16. The predicted molar refractivity (Wildman–Crippen MR) is 358 cm³/mol. The van der Waals surface area contributed by atoms with E-state index < -0.39 is 26.5 Å². The first kappa shape index (κ1) is 79.9. The number of unbranched alkanes of at least 4 members (excludes halogenated alkanes) is 33. The molecule has 0 bridgehead atoms. The summed E-state index contributed by atoms with van der Waals surface area (Å²) in [6.07, 6.45) is 88.0. The minimum absolute atomic E-state index is 0.0228. The van der Waals surface area contributed by atoms with Crippen molar-refractivity contribution in [3.8, 4) is 0 Å². The van der Waals surface area contributed by atoms with E-state index in [0.29, 0.717) is 17.4 Å². The number of phosphoric acid groups is 1. The maximum Gasteiger partial charge on any atom is 0.472 e. The lowest BCUT2D eigenvalue weighted by molar-refractivity contribution is -0.870. The SMILES string of the molecule is CC/C=C\C/C=C\C/C=C\C/C=C\C/C=C\C/C=C\C/C=C\C/C=C\CCCCCCC(=O)OC(COC(=O)CCCCCCCCCCCCCCCCCCCCCCCCCCCCCCCC)COP(=O)(O)OCC[N+](C)(C)C. The first-order chi connectivity index (χ1) is 40.5. The molecule has 0 radical (unpaired) electrons. The molecule has 0 fully saturated rings. The van der Waals surface area contributed by atoms with Crippen LogP contribution in [0, 0.1) is 0 Å². The molecule has 480 valence electrons. The van der Waals surface area contributed by atoms with Crippen LogP contribution in [0.15, 0.2) is 97.2 Å². The molecule has 0 amide bonds. The highest BCUT2D eigenvalue weighted by molar-refractivity contribution is 7.47. The van der Waals surface area contributed by atoms with E-state index in [4.69, 9.17) is 18.5 Å². The number of esters is 2. The monoisotopic (exact) mass is 1180 g/mol. The summed E-state index contributed by atoms with van der Waals surface area (Å²) in [7, 11) is 1.46. The molecule has 2 unspecified atom stereocenters. The van der Waals surface area contributed by atoms with E-state index in [9.17, 15) is 19.0 Å². The molecule has 0 saturated carbocycles. The van der Waals surface area contributed by atoms with Gasteiger partial charge in [-0.15, -0.1) is 0 Å². The molecule has 0 aromatic heterocycles. The van der Waals surface area contributed by atoms with Crippen molar-refractivity contribution in [3.63, 3.8) is 0 Å². The minimum Gasteiger partial charge on any atom is -0.462 e. The van der Waals surface area contributed by atoms with Crippen LogP contribution in [0.3, 0.4) is 0 Å². The lowest BCUT2D eigenvalue weighted by atomic mass is 10.0. The smallest absolute Gasteiger partial charge is 0.462 e. The summed E-state index contributed by atoms with van der Waals surface area (Å²) in [5.41, 5.74) is 0. The van der Waals surface area contributed by atoms with Gasteiger partial charge in [-0.3, -0.25) is 18.6 Å². The third-order valence-electron chi connectivity index (χ3n) is 14.9. The van der Waals surface area contributed by atoms with Gasteiger partial charge in [0.15, 0.2) is 6.10 Å². The summed E-state index contributed by atoms with van der Waals surface area (Å²) in [5, 5.41) is 0. The number of ether oxygens (including phenoxy) is 2. The van der Waals surface area contributed by atoms with Crippen molar-refractivity contribution in [2.24, 2.45) is 0 Å². The van der Waals surface area contributed by atoms with Gasteiger partial charge >= 0.3 is 19.8 Å². The van der Waals surface area contributed by atoms with Gasteiger partial charge in [0.1, 0.15) is 19.8 Å².